The van der Waals surface area contributed by atoms with Crippen LogP contribution in [0.2, 0.25) is 0 Å². The third-order valence-electron chi connectivity index (χ3n) is 12.9. The molecule has 0 bridgehead atoms. The molecular weight excluding hydrogens is 877 g/mol. The highest BCUT2D eigenvalue weighted by molar-refractivity contribution is 5.71. The first kappa shape index (κ1) is 67.6. The second kappa shape index (κ2) is 59.2. The van der Waals surface area contributed by atoms with E-state index in [1.165, 1.54) is 141 Å². The van der Waals surface area contributed by atoms with E-state index in [4.69, 9.17) is 14.2 Å². The molecule has 0 aliphatic heterocycles. The molecule has 0 aliphatic carbocycles. The molecule has 1 atom stereocenters. The Labute approximate surface area is 439 Å². The molecule has 0 radical (unpaired) electrons. The topological polar surface area (TPSA) is 78.9 Å². The van der Waals surface area contributed by atoms with Crippen molar-refractivity contribution in [1.82, 2.24) is 0 Å². The summed E-state index contributed by atoms with van der Waals surface area (Å²) in [5.74, 6) is -0.884. The summed E-state index contributed by atoms with van der Waals surface area (Å²) >= 11 is 0. The van der Waals surface area contributed by atoms with Gasteiger partial charge in [-0.15, -0.1) is 0 Å². The summed E-state index contributed by atoms with van der Waals surface area (Å²) in [7, 11) is 0. The summed E-state index contributed by atoms with van der Waals surface area (Å²) in [5, 5.41) is 0. The predicted octanol–water partition coefficient (Wildman–Crippen LogP) is 20.3. The molecule has 408 valence electrons. The molecule has 0 aliphatic rings. The molecule has 0 saturated carbocycles. The molecule has 0 rings (SSSR count). The van der Waals surface area contributed by atoms with Crippen LogP contribution in [-0.4, -0.2) is 37.2 Å². The minimum atomic E-state index is -0.779. The minimum Gasteiger partial charge on any atom is -0.462 e. The van der Waals surface area contributed by atoms with Crippen molar-refractivity contribution in [2.75, 3.05) is 13.2 Å². The summed E-state index contributed by atoms with van der Waals surface area (Å²) in [6.07, 6.45) is 77.3. The molecular formula is C65H112O6. The molecule has 0 aromatic heterocycles. The molecule has 0 saturated heterocycles. The number of hydrogen-bond donors (Lipinski definition) is 0. The van der Waals surface area contributed by atoms with Crippen LogP contribution in [0, 0.1) is 0 Å². The third-order valence-corrected chi connectivity index (χ3v) is 12.9. The second-order valence-electron chi connectivity index (χ2n) is 19.9. The maximum atomic E-state index is 12.8. The van der Waals surface area contributed by atoms with Crippen LogP contribution >= 0.6 is 0 Å². The Morgan fingerprint density at radius 3 is 0.901 bits per heavy atom. The Morgan fingerprint density at radius 1 is 0.296 bits per heavy atom. The second-order valence-corrected chi connectivity index (χ2v) is 19.9. The number of rotatable bonds is 54. The van der Waals surface area contributed by atoms with Gasteiger partial charge >= 0.3 is 17.9 Å². The van der Waals surface area contributed by atoms with Crippen molar-refractivity contribution in [3.63, 3.8) is 0 Å². The molecule has 0 aromatic carbocycles. The fraction of sp³-hybridized carbons (Fsp3) is 0.738. The number of carbonyl (C=O) groups is 3. The van der Waals surface area contributed by atoms with E-state index in [2.05, 4.69) is 106 Å². The highest BCUT2D eigenvalue weighted by atomic mass is 16.6. The molecule has 0 aromatic rings. The van der Waals surface area contributed by atoms with Gasteiger partial charge in [-0.3, -0.25) is 14.4 Å². The van der Waals surface area contributed by atoms with Crippen molar-refractivity contribution in [1.29, 1.82) is 0 Å². The standard InChI is InChI=1S/C65H112O6/c1-4-7-10-13-16-19-22-25-26-27-28-29-30-31-32-33-34-35-36-37-38-39-40-41-44-46-49-52-55-58-64(67)70-61-62(71-65(68)59-56-53-50-47-43-24-21-18-15-12-9-6-3)60-69-63(66)57-54-51-48-45-42-23-20-17-14-11-8-5-2/h7,10,16,18-19,21,25-26,28-29,31-32,34-35,62H,4-6,8-9,11-15,17,20,22-24,27,30,33,36-61H2,1-3H3/b10-7-,19-16-,21-18-,26-25-,29-28-,32-31-,35-34-. The smallest absolute Gasteiger partial charge is 0.306 e. The van der Waals surface area contributed by atoms with Crippen molar-refractivity contribution in [2.24, 2.45) is 0 Å². The van der Waals surface area contributed by atoms with Crippen LogP contribution in [0.3, 0.4) is 0 Å². The van der Waals surface area contributed by atoms with E-state index in [-0.39, 0.29) is 31.1 Å². The summed E-state index contributed by atoms with van der Waals surface area (Å²) in [6.45, 7) is 6.50. The van der Waals surface area contributed by atoms with Gasteiger partial charge in [0, 0.05) is 19.3 Å². The Hall–Kier alpha value is -3.41. The van der Waals surface area contributed by atoms with E-state index in [0.29, 0.717) is 19.3 Å². The zero-order valence-corrected chi connectivity index (χ0v) is 46.7. The lowest BCUT2D eigenvalue weighted by Crippen LogP contribution is -2.30. The van der Waals surface area contributed by atoms with Crippen LogP contribution in [0.15, 0.2) is 85.1 Å². The lowest BCUT2D eigenvalue weighted by molar-refractivity contribution is -0.167. The molecule has 0 fully saturated rings. The van der Waals surface area contributed by atoms with E-state index >= 15 is 0 Å². The van der Waals surface area contributed by atoms with Gasteiger partial charge in [-0.2, -0.15) is 0 Å². The summed E-state index contributed by atoms with van der Waals surface area (Å²) in [5.41, 5.74) is 0. The summed E-state index contributed by atoms with van der Waals surface area (Å²) in [4.78, 5) is 38.1. The zero-order valence-electron chi connectivity index (χ0n) is 46.7. The Kier molecular flexibility index (Phi) is 56.3. The van der Waals surface area contributed by atoms with Gasteiger partial charge in [0.25, 0.3) is 0 Å². The van der Waals surface area contributed by atoms with E-state index in [0.717, 1.165) is 109 Å². The number of hydrogen-bond acceptors (Lipinski definition) is 6. The fourth-order valence-electron chi connectivity index (χ4n) is 8.38. The number of carbonyl (C=O) groups excluding carboxylic acids is 3. The maximum absolute atomic E-state index is 12.8. The fourth-order valence-corrected chi connectivity index (χ4v) is 8.38. The molecule has 71 heavy (non-hydrogen) atoms. The average Bonchev–Trinajstić information content (AvgIpc) is 3.37. The van der Waals surface area contributed by atoms with Gasteiger partial charge in [0.1, 0.15) is 13.2 Å². The van der Waals surface area contributed by atoms with Crippen LogP contribution < -0.4 is 0 Å². The van der Waals surface area contributed by atoms with Crippen LogP contribution in [0.1, 0.15) is 290 Å². The quantitative estimate of drug-likeness (QED) is 0.0261. The van der Waals surface area contributed by atoms with E-state index < -0.39 is 6.10 Å². The SMILES string of the molecule is CC/C=C\C/C=C\C/C=C\C/C=C\C/C=C\C/C=C\CCCCCCCCCCCCC(=O)OCC(COC(=O)CCCCCCCCCCCCCC)OC(=O)CCCCCCC/C=C\CCCCC. The molecule has 0 heterocycles. The molecule has 0 N–H and O–H groups in total. The summed E-state index contributed by atoms with van der Waals surface area (Å²) in [6, 6.07) is 0. The van der Waals surface area contributed by atoms with Crippen molar-refractivity contribution >= 4 is 17.9 Å². The average molecular weight is 990 g/mol. The Morgan fingerprint density at radius 2 is 0.549 bits per heavy atom. The Bertz CT molecular complexity index is 1370. The molecule has 1 unspecified atom stereocenters. The normalized spacial score (nSPS) is 12.7. The van der Waals surface area contributed by atoms with E-state index in [1.807, 2.05) is 0 Å². The van der Waals surface area contributed by atoms with Gasteiger partial charge in [0.2, 0.25) is 0 Å². The van der Waals surface area contributed by atoms with Gasteiger partial charge < -0.3 is 14.2 Å². The number of allylic oxidation sites excluding steroid dienone is 14. The number of esters is 3. The monoisotopic (exact) mass is 989 g/mol. The van der Waals surface area contributed by atoms with Gasteiger partial charge in [0.05, 0.1) is 0 Å². The van der Waals surface area contributed by atoms with Crippen LogP contribution in [0.4, 0.5) is 0 Å². The van der Waals surface area contributed by atoms with Gasteiger partial charge in [-0.25, -0.2) is 0 Å². The van der Waals surface area contributed by atoms with E-state index in [1.54, 1.807) is 0 Å². The van der Waals surface area contributed by atoms with Crippen LogP contribution in [-0.2, 0) is 28.6 Å². The van der Waals surface area contributed by atoms with Crippen molar-refractivity contribution in [3.8, 4) is 0 Å². The third kappa shape index (κ3) is 57.4. The Balaban J connectivity index is 4.21. The number of unbranched alkanes of at least 4 members (excludes halogenated alkanes) is 29. The van der Waals surface area contributed by atoms with Crippen LogP contribution in [0.25, 0.3) is 0 Å². The van der Waals surface area contributed by atoms with Crippen molar-refractivity contribution < 1.29 is 28.6 Å². The minimum absolute atomic E-state index is 0.0778. The number of ether oxygens (including phenoxy) is 3. The molecule has 6 nitrogen and oxygen atoms in total. The first-order valence-corrected chi connectivity index (χ1v) is 30.1. The van der Waals surface area contributed by atoms with Gasteiger partial charge in [0.15, 0.2) is 6.10 Å². The highest BCUT2D eigenvalue weighted by Gasteiger charge is 2.19. The molecule has 0 amide bonds. The lowest BCUT2D eigenvalue weighted by Gasteiger charge is -2.18. The summed E-state index contributed by atoms with van der Waals surface area (Å²) < 4.78 is 16.8. The van der Waals surface area contributed by atoms with Crippen molar-refractivity contribution in [2.45, 2.75) is 297 Å². The molecule has 6 heteroatoms. The lowest BCUT2D eigenvalue weighted by atomic mass is 10.0. The van der Waals surface area contributed by atoms with Gasteiger partial charge in [-0.1, -0.05) is 260 Å². The largest absolute Gasteiger partial charge is 0.462 e. The van der Waals surface area contributed by atoms with Gasteiger partial charge in [-0.05, 0) is 96.3 Å². The van der Waals surface area contributed by atoms with Crippen molar-refractivity contribution in [3.05, 3.63) is 85.1 Å². The van der Waals surface area contributed by atoms with E-state index in [9.17, 15) is 14.4 Å². The molecule has 0 spiro atoms. The zero-order chi connectivity index (χ0) is 51.4. The maximum Gasteiger partial charge on any atom is 0.306 e. The predicted molar refractivity (Wildman–Crippen MR) is 307 cm³/mol. The highest BCUT2D eigenvalue weighted by Crippen LogP contribution is 2.16. The van der Waals surface area contributed by atoms with Crippen LogP contribution in [0.5, 0.6) is 0 Å². The first-order chi connectivity index (χ1) is 35.0. The first-order valence-electron chi connectivity index (χ1n) is 30.1.